The number of hydrogen-bond donors (Lipinski definition) is 2. The summed E-state index contributed by atoms with van der Waals surface area (Å²) in [7, 11) is 0. The SMILES string of the molecule is N[C@@H](c1ccc(OC(F)(F)F)c(Cl)c1)[C@H](O)Cc1ccccc1. The molecule has 2 aromatic carbocycles. The maximum absolute atomic E-state index is 12.2. The van der Waals surface area contributed by atoms with Gasteiger partial charge in [0.1, 0.15) is 5.75 Å². The first kappa shape index (κ1) is 17.6. The monoisotopic (exact) mass is 345 g/mol. The molecule has 124 valence electrons. The van der Waals surface area contributed by atoms with Gasteiger partial charge in [0.05, 0.1) is 17.2 Å². The zero-order valence-corrected chi connectivity index (χ0v) is 12.7. The summed E-state index contributed by atoms with van der Waals surface area (Å²) < 4.78 is 40.4. The summed E-state index contributed by atoms with van der Waals surface area (Å²) in [6.07, 6.45) is -5.40. The van der Waals surface area contributed by atoms with Gasteiger partial charge in [-0.25, -0.2) is 0 Å². The molecule has 0 spiro atoms. The number of ether oxygens (including phenoxy) is 1. The first-order valence-corrected chi connectivity index (χ1v) is 7.17. The molecule has 7 heteroatoms. The Morgan fingerprint density at radius 3 is 2.35 bits per heavy atom. The third-order valence-corrected chi connectivity index (χ3v) is 3.56. The summed E-state index contributed by atoms with van der Waals surface area (Å²) in [6.45, 7) is 0. The molecule has 2 rings (SSSR count). The Morgan fingerprint density at radius 2 is 1.78 bits per heavy atom. The fourth-order valence-electron chi connectivity index (χ4n) is 2.14. The Balaban J connectivity index is 2.10. The van der Waals surface area contributed by atoms with Crippen molar-refractivity contribution in [2.75, 3.05) is 0 Å². The number of nitrogens with two attached hydrogens (primary N) is 1. The maximum Gasteiger partial charge on any atom is 0.573 e. The highest BCUT2D eigenvalue weighted by Crippen LogP contribution is 2.32. The standard InChI is InChI=1S/C16H15ClF3NO2/c17-12-9-11(6-7-14(12)23-16(18,19)20)15(21)13(22)8-10-4-2-1-3-5-10/h1-7,9,13,15,22H,8,21H2/t13-,15+/m1/s1. The molecule has 0 fully saturated rings. The lowest BCUT2D eigenvalue weighted by molar-refractivity contribution is -0.274. The van der Waals surface area contributed by atoms with Crippen LogP contribution in [0.3, 0.4) is 0 Å². The van der Waals surface area contributed by atoms with Crippen molar-refractivity contribution in [2.24, 2.45) is 5.73 Å². The van der Waals surface area contributed by atoms with Crippen LogP contribution in [0.15, 0.2) is 48.5 Å². The van der Waals surface area contributed by atoms with Crippen LogP contribution < -0.4 is 10.5 Å². The molecule has 0 aliphatic carbocycles. The zero-order chi connectivity index (χ0) is 17.0. The van der Waals surface area contributed by atoms with Gasteiger partial charge in [-0.1, -0.05) is 48.0 Å². The van der Waals surface area contributed by atoms with Crippen LogP contribution in [0.4, 0.5) is 13.2 Å². The van der Waals surface area contributed by atoms with Gasteiger partial charge in [-0.05, 0) is 23.3 Å². The Labute approximate surface area is 136 Å². The van der Waals surface area contributed by atoms with Crippen molar-refractivity contribution in [3.8, 4) is 5.75 Å². The molecule has 0 bridgehead atoms. The predicted molar refractivity (Wildman–Crippen MR) is 81.2 cm³/mol. The largest absolute Gasteiger partial charge is 0.573 e. The molecule has 0 aliphatic heterocycles. The number of aliphatic hydroxyl groups is 1. The van der Waals surface area contributed by atoms with Crippen LogP contribution in [0.2, 0.25) is 5.02 Å². The topological polar surface area (TPSA) is 55.5 Å². The highest BCUT2D eigenvalue weighted by atomic mass is 35.5. The minimum atomic E-state index is -4.82. The lowest BCUT2D eigenvalue weighted by atomic mass is 9.97. The second-order valence-electron chi connectivity index (χ2n) is 5.02. The van der Waals surface area contributed by atoms with Crippen LogP contribution >= 0.6 is 11.6 Å². The highest BCUT2D eigenvalue weighted by molar-refractivity contribution is 6.32. The van der Waals surface area contributed by atoms with Crippen molar-refractivity contribution in [2.45, 2.75) is 24.9 Å². The van der Waals surface area contributed by atoms with Crippen LogP contribution in [-0.2, 0) is 6.42 Å². The first-order chi connectivity index (χ1) is 10.8. The molecule has 0 saturated heterocycles. The molecule has 3 nitrogen and oxygen atoms in total. The Morgan fingerprint density at radius 1 is 1.13 bits per heavy atom. The number of benzene rings is 2. The van der Waals surface area contributed by atoms with Gasteiger partial charge < -0.3 is 15.6 Å². The lowest BCUT2D eigenvalue weighted by Gasteiger charge is -2.20. The van der Waals surface area contributed by atoms with E-state index in [0.717, 1.165) is 11.6 Å². The van der Waals surface area contributed by atoms with E-state index in [-0.39, 0.29) is 5.02 Å². The molecule has 23 heavy (non-hydrogen) atoms. The first-order valence-electron chi connectivity index (χ1n) is 6.79. The van der Waals surface area contributed by atoms with Crippen LogP contribution in [0.25, 0.3) is 0 Å². The molecule has 0 aromatic heterocycles. The second kappa shape index (κ2) is 7.21. The molecular formula is C16H15ClF3NO2. The third kappa shape index (κ3) is 5.13. The molecule has 0 heterocycles. The van der Waals surface area contributed by atoms with Gasteiger partial charge >= 0.3 is 6.36 Å². The van der Waals surface area contributed by atoms with E-state index >= 15 is 0 Å². The number of rotatable bonds is 5. The van der Waals surface area contributed by atoms with Crippen LogP contribution in [0.5, 0.6) is 5.75 Å². The Hall–Kier alpha value is -1.76. The predicted octanol–water partition coefficient (Wildman–Crippen LogP) is 3.84. The third-order valence-electron chi connectivity index (χ3n) is 3.27. The van der Waals surface area contributed by atoms with Gasteiger partial charge in [0.25, 0.3) is 0 Å². The molecule has 2 atom stereocenters. The van der Waals surface area contributed by atoms with Crippen molar-refractivity contribution in [3.63, 3.8) is 0 Å². The van der Waals surface area contributed by atoms with E-state index in [0.29, 0.717) is 12.0 Å². The van der Waals surface area contributed by atoms with Crippen LogP contribution in [-0.4, -0.2) is 17.6 Å². The molecule has 2 aromatic rings. The van der Waals surface area contributed by atoms with E-state index in [1.807, 2.05) is 30.3 Å². The number of aliphatic hydroxyl groups excluding tert-OH is 1. The van der Waals surface area contributed by atoms with Crippen molar-refractivity contribution in [3.05, 3.63) is 64.7 Å². The lowest BCUT2D eigenvalue weighted by Crippen LogP contribution is -2.28. The van der Waals surface area contributed by atoms with E-state index in [9.17, 15) is 18.3 Å². The summed E-state index contributed by atoms with van der Waals surface area (Å²) in [5, 5.41) is 9.97. The maximum atomic E-state index is 12.2. The van der Waals surface area contributed by atoms with Crippen molar-refractivity contribution < 1.29 is 23.0 Å². The van der Waals surface area contributed by atoms with E-state index in [2.05, 4.69) is 4.74 Å². The molecule has 0 saturated carbocycles. The summed E-state index contributed by atoms with van der Waals surface area (Å²) in [5.74, 6) is -0.507. The van der Waals surface area contributed by atoms with E-state index < -0.39 is 24.3 Å². The summed E-state index contributed by atoms with van der Waals surface area (Å²) in [4.78, 5) is 0. The second-order valence-corrected chi connectivity index (χ2v) is 5.43. The summed E-state index contributed by atoms with van der Waals surface area (Å²) >= 11 is 5.78. The molecule has 0 amide bonds. The van der Waals surface area contributed by atoms with Crippen molar-refractivity contribution in [1.82, 2.24) is 0 Å². The van der Waals surface area contributed by atoms with Gasteiger partial charge in [-0.3, -0.25) is 0 Å². The number of alkyl halides is 3. The van der Waals surface area contributed by atoms with Crippen molar-refractivity contribution >= 4 is 11.6 Å². The van der Waals surface area contributed by atoms with E-state index in [4.69, 9.17) is 17.3 Å². The van der Waals surface area contributed by atoms with Gasteiger partial charge in [-0.2, -0.15) is 0 Å². The molecular weight excluding hydrogens is 331 g/mol. The van der Waals surface area contributed by atoms with Crippen molar-refractivity contribution in [1.29, 1.82) is 0 Å². The molecule has 0 radical (unpaired) electrons. The normalized spacial score (nSPS) is 14.3. The van der Waals surface area contributed by atoms with Gasteiger partial charge in [0.15, 0.2) is 0 Å². The minimum absolute atomic E-state index is 0.220. The van der Waals surface area contributed by atoms with E-state index in [1.54, 1.807) is 0 Å². The zero-order valence-electron chi connectivity index (χ0n) is 11.9. The summed E-state index contributed by atoms with van der Waals surface area (Å²) in [6, 6.07) is 12.2. The summed E-state index contributed by atoms with van der Waals surface area (Å²) in [5.41, 5.74) is 7.29. The van der Waals surface area contributed by atoms with Gasteiger partial charge in [-0.15, -0.1) is 13.2 Å². The van der Waals surface area contributed by atoms with Crippen LogP contribution in [0, 0.1) is 0 Å². The number of halogens is 4. The molecule has 0 aliphatic rings. The minimum Gasteiger partial charge on any atom is -0.404 e. The fraction of sp³-hybridized carbons (Fsp3) is 0.250. The van der Waals surface area contributed by atoms with E-state index in [1.165, 1.54) is 12.1 Å². The highest BCUT2D eigenvalue weighted by Gasteiger charge is 2.32. The quantitative estimate of drug-likeness (QED) is 0.865. The average molecular weight is 346 g/mol. The molecule has 3 N–H and O–H groups in total. The van der Waals surface area contributed by atoms with Gasteiger partial charge in [0, 0.05) is 6.42 Å². The van der Waals surface area contributed by atoms with Crippen LogP contribution in [0.1, 0.15) is 17.2 Å². The molecule has 0 unspecified atom stereocenters. The van der Waals surface area contributed by atoms with Gasteiger partial charge in [0.2, 0.25) is 0 Å². The smallest absolute Gasteiger partial charge is 0.404 e. The Kier molecular flexibility index (Phi) is 5.51. The average Bonchev–Trinajstić information content (AvgIpc) is 2.48. The number of hydrogen-bond acceptors (Lipinski definition) is 3. The fourth-order valence-corrected chi connectivity index (χ4v) is 2.36. The Bertz CT molecular complexity index is 650.